The van der Waals surface area contributed by atoms with Crippen LogP contribution in [0.2, 0.25) is 5.02 Å². The van der Waals surface area contributed by atoms with Crippen LogP contribution < -0.4 is 16.6 Å². The van der Waals surface area contributed by atoms with Gasteiger partial charge in [-0.3, -0.25) is 14.2 Å². The molecule has 11 heteroatoms. The van der Waals surface area contributed by atoms with Crippen LogP contribution in [-0.4, -0.2) is 20.3 Å². The van der Waals surface area contributed by atoms with E-state index < -0.39 is 34.6 Å². The first-order valence-corrected chi connectivity index (χ1v) is 11.0. The van der Waals surface area contributed by atoms with E-state index in [9.17, 15) is 27.6 Å². The van der Waals surface area contributed by atoms with Crippen LogP contribution in [0.1, 0.15) is 27.2 Å². The first kappa shape index (κ1) is 24.9. The Kier molecular flexibility index (Phi) is 7.07. The number of rotatable bonds is 6. The second-order valence-electron chi connectivity index (χ2n) is 7.77. The number of benzene rings is 3. The Morgan fingerprint density at radius 3 is 2.14 bits per heavy atom. The van der Waals surface area contributed by atoms with Crippen molar-refractivity contribution >= 4 is 17.5 Å². The van der Waals surface area contributed by atoms with E-state index in [-0.39, 0.29) is 24.3 Å². The molecular formula is C25H18ClF3N4O3. The first-order valence-electron chi connectivity index (χ1n) is 10.6. The molecule has 0 fully saturated rings. The maximum absolute atomic E-state index is 13.2. The van der Waals surface area contributed by atoms with Crippen molar-refractivity contribution in [3.63, 3.8) is 0 Å². The van der Waals surface area contributed by atoms with Crippen molar-refractivity contribution in [1.29, 1.82) is 0 Å². The van der Waals surface area contributed by atoms with Gasteiger partial charge in [0.1, 0.15) is 0 Å². The molecule has 36 heavy (non-hydrogen) atoms. The summed E-state index contributed by atoms with van der Waals surface area (Å²) in [5.41, 5.74) is -1.99. The zero-order chi connectivity index (χ0) is 25.9. The van der Waals surface area contributed by atoms with E-state index in [1.54, 1.807) is 24.3 Å². The Morgan fingerprint density at radius 1 is 0.889 bits per heavy atom. The average Bonchev–Trinajstić information content (AvgIpc) is 2.86. The molecule has 0 aliphatic carbocycles. The fraction of sp³-hybridized carbons (Fsp3) is 0.120. The SMILES string of the molecule is O=C(NCc1ccccc1)c1nn(-c2ccc(Cl)cc2)c(=O)n(Cc2ccc(C(F)(F)F)cc2)c1=O. The van der Waals surface area contributed by atoms with Gasteiger partial charge in [-0.1, -0.05) is 54.1 Å². The van der Waals surface area contributed by atoms with Crippen molar-refractivity contribution in [2.45, 2.75) is 19.3 Å². The third kappa shape index (κ3) is 5.55. The number of hydrogen-bond donors (Lipinski definition) is 1. The third-order valence-corrected chi connectivity index (χ3v) is 5.52. The van der Waals surface area contributed by atoms with Crippen molar-refractivity contribution < 1.29 is 18.0 Å². The minimum Gasteiger partial charge on any atom is -0.346 e. The summed E-state index contributed by atoms with van der Waals surface area (Å²) in [4.78, 5) is 39.2. The summed E-state index contributed by atoms with van der Waals surface area (Å²) in [5, 5.41) is 7.00. The molecule has 0 bridgehead atoms. The molecule has 0 radical (unpaired) electrons. The van der Waals surface area contributed by atoms with Crippen LogP contribution in [0.15, 0.2) is 88.5 Å². The molecule has 1 aromatic heterocycles. The van der Waals surface area contributed by atoms with Crippen LogP contribution in [-0.2, 0) is 19.3 Å². The summed E-state index contributed by atoms with van der Waals surface area (Å²) in [6.07, 6.45) is -4.53. The van der Waals surface area contributed by atoms with Crippen molar-refractivity contribution in [1.82, 2.24) is 19.7 Å². The standard InChI is InChI=1S/C25H18ClF3N4O3/c26-19-10-12-20(13-11-19)33-24(36)32(15-17-6-8-18(9-7-17)25(27,28)29)23(35)21(31-33)22(34)30-14-16-4-2-1-3-5-16/h1-13H,14-15H2,(H,30,34). The van der Waals surface area contributed by atoms with Crippen molar-refractivity contribution in [2.75, 3.05) is 0 Å². The first-order chi connectivity index (χ1) is 17.1. The molecule has 7 nitrogen and oxygen atoms in total. The van der Waals surface area contributed by atoms with Crippen LogP contribution in [0, 0.1) is 0 Å². The monoisotopic (exact) mass is 514 g/mol. The highest BCUT2D eigenvalue weighted by Gasteiger charge is 2.30. The number of aromatic nitrogens is 3. The number of nitrogens with zero attached hydrogens (tertiary/aromatic N) is 3. The topological polar surface area (TPSA) is 86.0 Å². The second-order valence-corrected chi connectivity index (χ2v) is 8.21. The molecule has 0 aliphatic heterocycles. The van der Waals surface area contributed by atoms with Gasteiger partial charge in [0.15, 0.2) is 0 Å². The summed E-state index contributed by atoms with van der Waals surface area (Å²) in [7, 11) is 0. The van der Waals surface area contributed by atoms with Gasteiger partial charge in [0.2, 0.25) is 5.69 Å². The van der Waals surface area contributed by atoms with Crippen molar-refractivity contribution in [3.05, 3.63) is 127 Å². The maximum Gasteiger partial charge on any atom is 0.416 e. The Balaban J connectivity index is 1.75. The normalized spacial score (nSPS) is 11.3. The predicted molar refractivity (Wildman–Crippen MR) is 127 cm³/mol. The van der Waals surface area contributed by atoms with Gasteiger partial charge in [0, 0.05) is 11.6 Å². The smallest absolute Gasteiger partial charge is 0.346 e. The molecule has 0 aliphatic rings. The lowest BCUT2D eigenvalue weighted by molar-refractivity contribution is -0.137. The number of halogens is 4. The van der Waals surface area contributed by atoms with E-state index >= 15 is 0 Å². The fourth-order valence-electron chi connectivity index (χ4n) is 3.39. The van der Waals surface area contributed by atoms with Gasteiger partial charge >= 0.3 is 11.9 Å². The van der Waals surface area contributed by atoms with Gasteiger partial charge in [0.05, 0.1) is 17.8 Å². The summed E-state index contributed by atoms with van der Waals surface area (Å²) < 4.78 is 40.4. The molecule has 1 amide bonds. The number of nitrogens with one attached hydrogen (secondary N) is 1. The summed E-state index contributed by atoms with van der Waals surface area (Å²) >= 11 is 5.92. The van der Waals surface area contributed by atoms with Gasteiger partial charge in [0.25, 0.3) is 11.5 Å². The minimum atomic E-state index is -4.53. The molecule has 0 unspecified atom stereocenters. The number of carbonyl (C=O) groups excluding carboxylic acids is 1. The van der Waals surface area contributed by atoms with E-state index in [1.807, 2.05) is 6.07 Å². The molecule has 0 atom stereocenters. The van der Waals surface area contributed by atoms with E-state index in [4.69, 9.17) is 11.6 Å². The lowest BCUT2D eigenvalue weighted by Gasteiger charge is -2.13. The Morgan fingerprint density at radius 2 is 1.53 bits per heavy atom. The number of alkyl halides is 3. The quantitative estimate of drug-likeness (QED) is 0.421. The lowest BCUT2D eigenvalue weighted by Crippen LogP contribution is -2.46. The minimum absolute atomic E-state index is 0.111. The Hall–Kier alpha value is -4.18. The second kappa shape index (κ2) is 10.2. The van der Waals surface area contributed by atoms with Gasteiger partial charge < -0.3 is 5.32 Å². The average molecular weight is 515 g/mol. The molecule has 4 rings (SSSR count). The highest BCUT2D eigenvalue weighted by atomic mass is 35.5. The summed E-state index contributed by atoms with van der Waals surface area (Å²) in [6, 6.07) is 19.0. The summed E-state index contributed by atoms with van der Waals surface area (Å²) in [6.45, 7) is -0.259. The number of hydrogen-bond acceptors (Lipinski definition) is 4. The maximum atomic E-state index is 13.2. The zero-order valence-electron chi connectivity index (χ0n) is 18.5. The van der Waals surface area contributed by atoms with Crippen molar-refractivity contribution in [2.24, 2.45) is 0 Å². The molecule has 3 aromatic carbocycles. The molecule has 4 aromatic rings. The molecule has 0 saturated carbocycles. The van der Waals surface area contributed by atoms with Gasteiger partial charge in [-0.15, -0.1) is 0 Å². The van der Waals surface area contributed by atoms with Crippen LogP contribution in [0.5, 0.6) is 0 Å². The largest absolute Gasteiger partial charge is 0.416 e. The fourth-order valence-corrected chi connectivity index (χ4v) is 3.52. The van der Waals surface area contributed by atoms with E-state index in [0.717, 1.165) is 39.1 Å². The van der Waals surface area contributed by atoms with Gasteiger partial charge in [-0.05, 0) is 47.5 Å². The van der Waals surface area contributed by atoms with Crippen LogP contribution in [0.25, 0.3) is 5.69 Å². The highest BCUT2D eigenvalue weighted by Crippen LogP contribution is 2.29. The molecular weight excluding hydrogens is 497 g/mol. The number of carbonyl (C=O) groups is 1. The van der Waals surface area contributed by atoms with Gasteiger partial charge in [-0.2, -0.15) is 23.0 Å². The van der Waals surface area contributed by atoms with Crippen LogP contribution in [0.4, 0.5) is 13.2 Å². The molecule has 0 saturated heterocycles. The third-order valence-electron chi connectivity index (χ3n) is 5.26. The predicted octanol–water partition coefficient (Wildman–Crippen LogP) is 4.04. The Labute approximate surface area is 207 Å². The van der Waals surface area contributed by atoms with E-state index in [0.29, 0.717) is 5.02 Å². The molecule has 0 spiro atoms. The zero-order valence-corrected chi connectivity index (χ0v) is 19.3. The Bertz CT molecular complexity index is 1500. The molecule has 1 N–H and O–H groups in total. The molecule has 1 heterocycles. The van der Waals surface area contributed by atoms with E-state index in [1.165, 1.54) is 24.3 Å². The highest BCUT2D eigenvalue weighted by molar-refractivity contribution is 6.30. The van der Waals surface area contributed by atoms with Gasteiger partial charge in [-0.25, -0.2) is 4.79 Å². The van der Waals surface area contributed by atoms with Crippen molar-refractivity contribution in [3.8, 4) is 5.69 Å². The summed E-state index contributed by atoms with van der Waals surface area (Å²) in [5.74, 6) is -0.812. The number of amides is 1. The van der Waals surface area contributed by atoms with Crippen LogP contribution >= 0.6 is 11.6 Å². The van der Waals surface area contributed by atoms with Crippen LogP contribution in [0.3, 0.4) is 0 Å². The lowest BCUT2D eigenvalue weighted by atomic mass is 10.1. The van der Waals surface area contributed by atoms with E-state index in [2.05, 4.69) is 10.4 Å². The molecule has 184 valence electrons.